The molecule has 22 nitrogen and oxygen atoms in total. The van der Waals surface area contributed by atoms with Gasteiger partial charge in [0, 0.05) is 32.1 Å². The Morgan fingerprint density at radius 2 is 0.800 bits per heavy atom. The summed E-state index contributed by atoms with van der Waals surface area (Å²) in [5.41, 5.74) is -5.31. The van der Waals surface area contributed by atoms with Crippen LogP contribution in [-0.4, -0.2) is 223 Å². The lowest BCUT2D eigenvalue weighted by molar-refractivity contribution is -0.870. The molecule has 0 bridgehead atoms. The molecular formula is C24H57N4O18S3Si+. The Bertz CT molecular complexity index is 1150. The van der Waals surface area contributed by atoms with Crippen LogP contribution in [0.2, 0.25) is 6.04 Å². The Kier molecular flexibility index (Phi) is 21.1. The molecule has 0 unspecified atom stereocenters. The van der Waals surface area contributed by atoms with Gasteiger partial charge in [0.1, 0.15) is 0 Å². The summed E-state index contributed by atoms with van der Waals surface area (Å²) in [6.07, 6.45) is 0.292. The molecule has 0 fully saturated rings. The first-order chi connectivity index (χ1) is 22.8. The van der Waals surface area contributed by atoms with E-state index in [0.29, 0.717) is 17.4 Å². The third-order valence-electron chi connectivity index (χ3n) is 7.41. The molecule has 0 aromatic carbocycles. The Morgan fingerprint density at radius 3 is 1.00 bits per heavy atom. The van der Waals surface area contributed by atoms with Gasteiger partial charge in [-0.2, -0.15) is 25.3 Å². The Balaban J connectivity index is 6.86. The van der Waals surface area contributed by atoms with Crippen molar-refractivity contribution >= 4 is 39.2 Å². The number of nitrogens with zero attached hydrogens (tertiary/aromatic N) is 1. The van der Waals surface area contributed by atoms with Crippen LogP contribution in [0.3, 0.4) is 0 Å². The van der Waals surface area contributed by atoms with E-state index in [-0.39, 0.29) is 6.04 Å². The number of hydrogen-bond acceptors (Lipinski definition) is 18. The van der Waals surface area contributed by atoms with Gasteiger partial charge in [-0.05, 0) is 0 Å². The lowest BCUT2D eigenvalue weighted by atomic mass is 10.0. The van der Waals surface area contributed by atoms with Gasteiger partial charge in [0.25, 0.3) is 30.4 Å². The van der Waals surface area contributed by atoms with Crippen molar-refractivity contribution in [1.29, 1.82) is 0 Å². The first kappa shape index (κ1) is 49.4. The maximum absolute atomic E-state index is 11.3. The molecule has 0 spiro atoms. The fourth-order valence-electron chi connectivity index (χ4n) is 4.10. The molecule has 0 amide bonds. The van der Waals surface area contributed by atoms with Crippen molar-refractivity contribution in [2.24, 2.45) is 0 Å². The summed E-state index contributed by atoms with van der Waals surface area (Å²) in [4.78, 5) is 0. The lowest BCUT2D eigenvalue weighted by Gasteiger charge is -2.41. The molecule has 302 valence electrons. The Hall–Kier alpha value is -0.573. The standard InChI is InChI=1S/C24H56N4O18S3Si/c1-28(2,3)8-4-12-50(44-19-22(13-29,14-30)25-5-9-47(35,36)37,45-20-23(15-31,16-32)26-6-10-48(38,39)40)46-21-24(17-33,18-34)27-7-11-49(41,42)43/h25-27,29-34H,4-21H2,1-3H3,(H2-,35,36,37,38,39,40,41,42,43)/p+1. The van der Waals surface area contributed by atoms with Crippen molar-refractivity contribution in [2.75, 3.05) is 124 Å². The zero-order valence-electron chi connectivity index (χ0n) is 28.6. The second-order valence-electron chi connectivity index (χ2n) is 13.1. The van der Waals surface area contributed by atoms with Crippen LogP contribution in [0, 0.1) is 0 Å². The van der Waals surface area contributed by atoms with E-state index in [9.17, 15) is 55.9 Å². The smallest absolute Gasteiger partial charge is 0.394 e. The van der Waals surface area contributed by atoms with Gasteiger partial charge >= 0.3 is 8.80 Å². The number of quaternary nitrogens is 1. The highest BCUT2D eigenvalue weighted by atomic mass is 32.2. The monoisotopic (exact) mass is 813 g/mol. The molecule has 0 radical (unpaired) electrons. The average molecular weight is 814 g/mol. The SMILES string of the molecule is C[N+](C)(C)CCC[Si](OCC(CO)(CO)NCCS(=O)(=O)O)(OCC(CO)(CO)NCCS(=O)(=O)O)OCC(CO)(CO)NCCS(=O)(=O)O. The average Bonchev–Trinajstić information content (AvgIpc) is 3.00. The largest absolute Gasteiger partial charge is 0.501 e. The van der Waals surface area contributed by atoms with E-state index in [1.165, 1.54) is 0 Å². The second-order valence-corrected chi connectivity index (χ2v) is 20.5. The van der Waals surface area contributed by atoms with E-state index in [0.717, 1.165) is 0 Å². The van der Waals surface area contributed by atoms with Crippen LogP contribution in [0.1, 0.15) is 6.42 Å². The zero-order valence-corrected chi connectivity index (χ0v) is 32.0. The fourth-order valence-corrected chi connectivity index (χ4v) is 7.95. The first-order valence-corrected chi connectivity index (χ1v) is 22.1. The van der Waals surface area contributed by atoms with E-state index in [2.05, 4.69) is 16.0 Å². The van der Waals surface area contributed by atoms with Crippen LogP contribution < -0.4 is 16.0 Å². The molecule has 0 aromatic heterocycles. The predicted octanol–water partition coefficient (Wildman–Crippen LogP) is -6.33. The van der Waals surface area contributed by atoms with Gasteiger partial charge in [0.15, 0.2) is 0 Å². The summed E-state index contributed by atoms with van der Waals surface area (Å²) >= 11 is 0. The molecule has 0 atom stereocenters. The molecule has 0 aromatic rings. The highest BCUT2D eigenvalue weighted by Gasteiger charge is 2.48. The number of rotatable bonds is 31. The van der Waals surface area contributed by atoms with Gasteiger partial charge in [-0.3, -0.25) is 13.7 Å². The minimum Gasteiger partial charge on any atom is -0.394 e. The van der Waals surface area contributed by atoms with Crippen LogP contribution in [0.15, 0.2) is 0 Å². The van der Waals surface area contributed by atoms with Crippen molar-refractivity contribution in [3.63, 3.8) is 0 Å². The van der Waals surface area contributed by atoms with Crippen molar-refractivity contribution in [2.45, 2.75) is 29.1 Å². The van der Waals surface area contributed by atoms with Gasteiger partial charge in [0.2, 0.25) is 0 Å². The maximum atomic E-state index is 11.3. The van der Waals surface area contributed by atoms with Crippen LogP contribution in [0.4, 0.5) is 0 Å². The number of aliphatic hydroxyl groups excluding tert-OH is 6. The highest BCUT2D eigenvalue weighted by molar-refractivity contribution is 7.86. The highest BCUT2D eigenvalue weighted by Crippen LogP contribution is 2.25. The van der Waals surface area contributed by atoms with E-state index in [1.54, 1.807) is 0 Å². The summed E-state index contributed by atoms with van der Waals surface area (Å²) in [6, 6.07) is -0.0730. The Labute approximate surface area is 294 Å². The summed E-state index contributed by atoms with van der Waals surface area (Å²) in [7, 11) is -12.1. The minimum atomic E-state index is -4.45. The molecular weight excluding hydrogens is 757 g/mol. The van der Waals surface area contributed by atoms with Crippen molar-refractivity contribution in [3.05, 3.63) is 0 Å². The van der Waals surface area contributed by atoms with Gasteiger partial charge in [-0.25, -0.2) is 0 Å². The van der Waals surface area contributed by atoms with Crippen molar-refractivity contribution in [3.8, 4) is 0 Å². The molecule has 0 aliphatic rings. The van der Waals surface area contributed by atoms with E-state index < -0.39 is 152 Å². The quantitative estimate of drug-likeness (QED) is 0.0176. The molecule has 0 aliphatic heterocycles. The number of nitrogens with one attached hydrogen (secondary N) is 3. The summed E-state index contributed by atoms with van der Waals surface area (Å²) < 4.78 is 114. The molecule has 0 saturated carbocycles. The second kappa shape index (κ2) is 21.4. The predicted molar refractivity (Wildman–Crippen MR) is 180 cm³/mol. The van der Waals surface area contributed by atoms with Gasteiger partial charge in [0.05, 0.1) is 121 Å². The fraction of sp³-hybridized carbons (Fsp3) is 1.00. The normalized spacial score (nSPS) is 14.4. The van der Waals surface area contributed by atoms with Gasteiger partial charge in [-0.1, -0.05) is 0 Å². The third-order valence-corrected chi connectivity index (χ3v) is 12.3. The van der Waals surface area contributed by atoms with E-state index in [4.69, 9.17) is 26.9 Å². The molecule has 0 rings (SSSR count). The summed E-state index contributed by atoms with van der Waals surface area (Å²) in [5, 5.41) is 69.1. The minimum absolute atomic E-state index is 0.0730. The molecule has 0 saturated heterocycles. The van der Waals surface area contributed by atoms with Crippen LogP contribution in [0.25, 0.3) is 0 Å². The van der Waals surface area contributed by atoms with E-state index >= 15 is 0 Å². The third kappa shape index (κ3) is 20.6. The van der Waals surface area contributed by atoms with Crippen LogP contribution >= 0.6 is 0 Å². The molecule has 0 heterocycles. The summed E-state index contributed by atoms with van der Waals surface area (Å²) in [5.74, 6) is -2.41. The van der Waals surface area contributed by atoms with Gasteiger partial charge in [-0.15, -0.1) is 0 Å². The zero-order chi connectivity index (χ0) is 39.0. The van der Waals surface area contributed by atoms with Crippen LogP contribution in [0.5, 0.6) is 0 Å². The van der Waals surface area contributed by atoms with Crippen molar-refractivity contribution < 1.29 is 87.3 Å². The molecule has 26 heteroatoms. The molecule has 50 heavy (non-hydrogen) atoms. The number of aliphatic hydroxyl groups is 6. The molecule has 0 aliphatic carbocycles. The van der Waals surface area contributed by atoms with Gasteiger partial charge < -0.3 is 64.4 Å². The lowest BCUT2D eigenvalue weighted by Crippen LogP contribution is -2.64. The topological polar surface area (TPSA) is 348 Å². The maximum Gasteiger partial charge on any atom is 0.501 e. The van der Waals surface area contributed by atoms with E-state index in [1.807, 2.05) is 21.1 Å². The summed E-state index contributed by atoms with van der Waals surface area (Å²) in [6.45, 7) is -7.90. The first-order valence-electron chi connectivity index (χ1n) is 15.3. The van der Waals surface area contributed by atoms with Crippen molar-refractivity contribution in [1.82, 2.24) is 16.0 Å². The molecule has 12 N–H and O–H groups in total. The van der Waals surface area contributed by atoms with Crippen LogP contribution in [-0.2, 0) is 43.6 Å². The number of hydrogen-bond donors (Lipinski definition) is 12. The Morgan fingerprint density at radius 1 is 0.540 bits per heavy atom.